The van der Waals surface area contributed by atoms with E-state index in [0.717, 1.165) is 11.8 Å². The lowest BCUT2D eigenvalue weighted by atomic mass is 9.79. The summed E-state index contributed by atoms with van der Waals surface area (Å²) in [6.45, 7) is 6.92. The first-order chi connectivity index (χ1) is 8.56. The topological polar surface area (TPSA) is 12.0 Å². The van der Waals surface area contributed by atoms with E-state index in [4.69, 9.17) is 0 Å². The Kier molecular flexibility index (Phi) is 4.93. The van der Waals surface area contributed by atoms with Crippen molar-refractivity contribution in [3.8, 4) is 0 Å². The zero-order valence-electron chi connectivity index (χ0n) is 11.7. The van der Waals surface area contributed by atoms with Gasteiger partial charge in [-0.1, -0.05) is 19.9 Å². The molecule has 100 valence electrons. The zero-order valence-corrected chi connectivity index (χ0v) is 13.8. The molecule has 1 N–H and O–H groups in total. The highest BCUT2D eigenvalue weighted by Crippen LogP contribution is 2.32. The Morgan fingerprint density at radius 1 is 1.17 bits per heavy atom. The smallest absolute Gasteiger partial charge is 0.0382 e. The fourth-order valence-corrected chi connectivity index (χ4v) is 3.39. The van der Waals surface area contributed by atoms with Gasteiger partial charge in [-0.05, 0) is 84.7 Å². The highest BCUT2D eigenvalue weighted by atomic mass is 127. The number of nitrogens with one attached hydrogen (secondary N) is 1. The molecular weight excluding hydrogens is 333 g/mol. The van der Waals surface area contributed by atoms with Crippen LogP contribution >= 0.6 is 22.6 Å². The molecule has 2 heteroatoms. The normalized spacial score (nSPS) is 24.3. The van der Waals surface area contributed by atoms with Crippen molar-refractivity contribution in [2.24, 2.45) is 11.8 Å². The Hall–Kier alpha value is -0.250. The van der Waals surface area contributed by atoms with Crippen molar-refractivity contribution >= 4 is 28.3 Å². The highest BCUT2D eigenvalue weighted by Gasteiger charge is 2.23. The van der Waals surface area contributed by atoms with E-state index in [2.05, 4.69) is 66.9 Å². The Labute approximate surface area is 125 Å². The van der Waals surface area contributed by atoms with Crippen LogP contribution in [0.3, 0.4) is 0 Å². The molecule has 1 aromatic rings. The first kappa shape index (κ1) is 14.2. The molecule has 1 aliphatic rings. The Morgan fingerprint density at radius 2 is 1.83 bits per heavy atom. The van der Waals surface area contributed by atoms with E-state index in [1.54, 1.807) is 0 Å². The van der Waals surface area contributed by atoms with Gasteiger partial charge in [0.25, 0.3) is 0 Å². The minimum Gasteiger partial charge on any atom is -0.382 e. The summed E-state index contributed by atoms with van der Waals surface area (Å²) < 4.78 is 1.32. The van der Waals surface area contributed by atoms with Gasteiger partial charge >= 0.3 is 0 Å². The predicted molar refractivity (Wildman–Crippen MR) is 88.1 cm³/mol. The molecule has 1 aliphatic carbocycles. The maximum Gasteiger partial charge on any atom is 0.0382 e. The number of halogens is 1. The van der Waals surface area contributed by atoms with Crippen LogP contribution in [0.4, 0.5) is 5.69 Å². The van der Waals surface area contributed by atoms with Gasteiger partial charge in [0, 0.05) is 15.3 Å². The Bertz CT molecular complexity index is 392. The third-order valence-corrected chi connectivity index (χ3v) is 4.94. The largest absolute Gasteiger partial charge is 0.382 e. The van der Waals surface area contributed by atoms with Gasteiger partial charge < -0.3 is 5.32 Å². The predicted octanol–water partition coefficient (Wildman–Crippen LogP) is 5.23. The van der Waals surface area contributed by atoms with Crippen molar-refractivity contribution in [3.63, 3.8) is 0 Å². The summed E-state index contributed by atoms with van der Waals surface area (Å²) in [5.74, 6) is 1.80. The summed E-state index contributed by atoms with van der Waals surface area (Å²) in [5.41, 5.74) is 2.69. The molecule has 1 saturated carbocycles. The average Bonchev–Trinajstić information content (AvgIpc) is 2.34. The molecule has 0 aromatic heterocycles. The number of anilines is 1. The van der Waals surface area contributed by atoms with Crippen molar-refractivity contribution in [1.29, 1.82) is 0 Å². The molecule has 2 rings (SSSR count). The molecule has 0 spiro atoms. The van der Waals surface area contributed by atoms with Crippen molar-refractivity contribution in [1.82, 2.24) is 0 Å². The highest BCUT2D eigenvalue weighted by molar-refractivity contribution is 14.1. The van der Waals surface area contributed by atoms with Crippen LogP contribution in [-0.2, 0) is 0 Å². The lowest BCUT2D eigenvalue weighted by molar-refractivity contribution is 0.267. The number of hydrogen-bond donors (Lipinski definition) is 1. The van der Waals surface area contributed by atoms with Crippen LogP contribution in [0.25, 0.3) is 0 Å². The van der Waals surface area contributed by atoms with Gasteiger partial charge in [-0.25, -0.2) is 0 Å². The number of aryl methyl sites for hydroxylation is 1. The maximum absolute atomic E-state index is 3.74. The van der Waals surface area contributed by atoms with Crippen LogP contribution in [0.2, 0.25) is 0 Å². The maximum atomic E-state index is 3.74. The quantitative estimate of drug-likeness (QED) is 0.731. The van der Waals surface area contributed by atoms with Gasteiger partial charge in [-0.2, -0.15) is 0 Å². The van der Waals surface area contributed by atoms with Crippen LogP contribution in [0, 0.1) is 22.3 Å². The molecule has 0 saturated heterocycles. The summed E-state index contributed by atoms with van der Waals surface area (Å²) in [7, 11) is 0. The number of benzene rings is 1. The fourth-order valence-electron chi connectivity index (χ4n) is 2.90. The zero-order chi connectivity index (χ0) is 13.1. The van der Waals surface area contributed by atoms with Gasteiger partial charge in [-0.3, -0.25) is 0 Å². The lowest BCUT2D eigenvalue weighted by Crippen LogP contribution is -2.28. The van der Waals surface area contributed by atoms with E-state index in [1.807, 2.05) is 0 Å². The van der Waals surface area contributed by atoms with E-state index < -0.39 is 0 Å². The van der Waals surface area contributed by atoms with Crippen LogP contribution < -0.4 is 5.32 Å². The minimum absolute atomic E-state index is 0.678. The Morgan fingerprint density at radius 3 is 2.44 bits per heavy atom. The summed E-state index contributed by atoms with van der Waals surface area (Å²) >= 11 is 2.39. The summed E-state index contributed by atoms with van der Waals surface area (Å²) in [6.07, 6.45) is 5.43. The van der Waals surface area contributed by atoms with Crippen LogP contribution in [0.1, 0.15) is 45.1 Å². The van der Waals surface area contributed by atoms with Gasteiger partial charge in [-0.15, -0.1) is 0 Å². The lowest BCUT2D eigenvalue weighted by Gasteiger charge is -2.32. The Balaban J connectivity index is 1.93. The second-order valence-electron chi connectivity index (χ2n) is 5.96. The van der Waals surface area contributed by atoms with Gasteiger partial charge in [0.2, 0.25) is 0 Å². The summed E-state index contributed by atoms with van der Waals surface area (Å²) in [6, 6.07) is 7.34. The fraction of sp³-hybridized carbons (Fsp3) is 0.625. The molecule has 0 heterocycles. The number of rotatable bonds is 3. The first-order valence-electron chi connectivity index (χ1n) is 7.09. The van der Waals surface area contributed by atoms with E-state index in [1.165, 1.54) is 40.5 Å². The molecule has 1 fully saturated rings. The van der Waals surface area contributed by atoms with E-state index in [-0.39, 0.29) is 0 Å². The van der Waals surface area contributed by atoms with Gasteiger partial charge in [0.15, 0.2) is 0 Å². The first-order valence-corrected chi connectivity index (χ1v) is 8.17. The molecule has 0 bridgehead atoms. The second-order valence-corrected chi connectivity index (χ2v) is 7.20. The summed E-state index contributed by atoms with van der Waals surface area (Å²) in [4.78, 5) is 0. The third kappa shape index (κ3) is 3.62. The van der Waals surface area contributed by atoms with Gasteiger partial charge in [0.05, 0.1) is 0 Å². The van der Waals surface area contributed by atoms with Crippen LogP contribution in [0.15, 0.2) is 18.2 Å². The monoisotopic (exact) mass is 357 g/mol. The van der Waals surface area contributed by atoms with Crippen molar-refractivity contribution in [2.45, 2.75) is 52.5 Å². The van der Waals surface area contributed by atoms with Crippen molar-refractivity contribution < 1.29 is 0 Å². The van der Waals surface area contributed by atoms with E-state index in [9.17, 15) is 0 Å². The second kappa shape index (κ2) is 6.27. The molecule has 0 amide bonds. The SMILES string of the molecule is Cc1ccc(I)cc1NC1CCC(C(C)C)CC1. The molecule has 0 unspecified atom stereocenters. The van der Waals surface area contributed by atoms with E-state index >= 15 is 0 Å². The molecule has 1 nitrogen and oxygen atoms in total. The number of hydrogen-bond acceptors (Lipinski definition) is 1. The molecule has 0 radical (unpaired) electrons. The van der Waals surface area contributed by atoms with Crippen molar-refractivity contribution in [2.75, 3.05) is 5.32 Å². The average molecular weight is 357 g/mol. The van der Waals surface area contributed by atoms with Crippen molar-refractivity contribution in [3.05, 3.63) is 27.3 Å². The minimum atomic E-state index is 0.678. The third-order valence-electron chi connectivity index (χ3n) is 4.27. The van der Waals surface area contributed by atoms with E-state index in [0.29, 0.717) is 6.04 Å². The molecule has 18 heavy (non-hydrogen) atoms. The molecule has 0 aliphatic heterocycles. The molecule has 0 atom stereocenters. The molecule has 1 aromatic carbocycles. The summed E-state index contributed by atoms with van der Waals surface area (Å²) in [5, 5.41) is 3.74. The molecular formula is C16H24IN. The standard InChI is InChI=1S/C16H24IN/c1-11(2)13-5-8-15(9-6-13)18-16-10-14(17)7-4-12(16)3/h4,7,10-11,13,15,18H,5-6,8-9H2,1-3H3. The van der Waals surface area contributed by atoms with Crippen LogP contribution in [-0.4, -0.2) is 6.04 Å². The van der Waals surface area contributed by atoms with Gasteiger partial charge in [0.1, 0.15) is 0 Å². The van der Waals surface area contributed by atoms with Crippen LogP contribution in [0.5, 0.6) is 0 Å².